The topological polar surface area (TPSA) is 61.4 Å². The van der Waals surface area contributed by atoms with Crippen molar-refractivity contribution in [2.24, 2.45) is 5.92 Å². The van der Waals surface area contributed by atoms with Crippen LogP contribution in [0.15, 0.2) is 84.9 Å². The highest BCUT2D eigenvalue weighted by molar-refractivity contribution is 5.90. The summed E-state index contributed by atoms with van der Waals surface area (Å²) in [6.45, 7) is 0.856. The Morgan fingerprint density at radius 3 is 2.24 bits per heavy atom. The van der Waals surface area contributed by atoms with Crippen LogP contribution >= 0.6 is 0 Å². The van der Waals surface area contributed by atoms with Crippen molar-refractivity contribution >= 4 is 17.6 Å². The first-order valence-electron chi connectivity index (χ1n) is 11.3. The largest absolute Gasteiger partial charge is 0.355 e. The molecule has 0 unspecified atom stereocenters. The molecule has 0 aromatic heterocycles. The molecule has 0 saturated carbocycles. The van der Waals surface area contributed by atoms with Crippen LogP contribution in [-0.2, 0) is 11.2 Å². The maximum Gasteiger partial charge on any atom is 0.322 e. The molecule has 6 heteroatoms. The van der Waals surface area contributed by atoms with Crippen LogP contribution in [0.5, 0.6) is 0 Å². The smallest absolute Gasteiger partial charge is 0.322 e. The first kappa shape index (κ1) is 22.5. The van der Waals surface area contributed by atoms with Crippen molar-refractivity contribution in [1.82, 2.24) is 10.2 Å². The molecule has 1 fully saturated rings. The van der Waals surface area contributed by atoms with Gasteiger partial charge >= 0.3 is 6.03 Å². The Morgan fingerprint density at radius 2 is 1.55 bits per heavy atom. The molecule has 1 aliphatic rings. The Kier molecular flexibility index (Phi) is 7.35. The number of hydrogen-bond acceptors (Lipinski definition) is 2. The Bertz CT molecular complexity index is 1060. The molecule has 0 bridgehead atoms. The van der Waals surface area contributed by atoms with Gasteiger partial charge < -0.3 is 15.5 Å². The van der Waals surface area contributed by atoms with E-state index in [1.807, 2.05) is 60.7 Å². The van der Waals surface area contributed by atoms with E-state index in [-0.39, 0.29) is 29.7 Å². The van der Waals surface area contributed by atoms with Gasteiger partial charge in [-0.15, -0.1) is 0 Å². The second-order valence-corrected chi connectivity index (χ2v) is 8.32. The summed E-state index contributed by atoms with van der Waals surface area (Å²) in [6.07, 6.45) is 2.05. The van der Waals surface area contributed by atoms with Gasteiger partial charge in [0.1, 0.15) is 5.82 Å². The average molecular weight is 446 g/mol. The van der Waals surface area contributed by atoms with Crippen LogP contribution in [0.2, 0.25) is 0 Å². The zero-order valence-corrected chi connectivity index (χ0v) is 18.4. The minimum Gasteiger partial charge on any atom is -0.355 e. The molecule has 4 rings (SSSR count). The van der Waals surface area contributed by atoms with E-state index >= 15 is 0 Å². The average Bonchev–Trinajstić information content (AvgIpc) is 2.85. The highest BCUT2D eigenvalue weighted by atomic mass is 19.1. The summed E-state index contributed by atoms with van der Waals surface area (Å²) < 4.78 is 13.5. The third kappa shape index (κ3) is 5.98. The number of carbonyl (C=O) groups excluding carboxylic acids is 2. The van der Waals surface area contributed by atoms with E-state index < -0.39 is 0 Å². The van der Waals surface area contributed by atoms with Crippen molar-refractivity contribution in [3.8, 4) is 0 Å². The molecule has 3 aromatic rings. The van der Waals surface area contributed by atoms with Gasteiger partial charge in [0, 0.05) is 18.8 Å². The van der Waals surface area contributed by atoms with Gasteiger partial charge in [0.25, 0.3) is 0 Å². The lowest BCUT2D eigenvalue weighted by atomic mass is 9.88. The van der Waals surface area contributed by atoms with Gasteiger partial charge in [-0.2, -0.15) is 0 Å². The van der Waals surface area contributed by atoms with Gasteiger partial charge in [-0.1, -0.05) is 60.7 Å². The first-order chi connectivity index (χ1) is 16.1. The molecule has 1 saturated heterocycles. The van der Waals surface area contributed by atoms with Crippen molar-refractivity contribution in [2.75, 3.05) is 18.4 Å². The summed E-state index contributed by atoms with van der Waals surface area (Å²) in [5.41, 5.74) is 2.72. The normalized spacial score (nSPS) is 17.9. The minimum absolute atomic E-state index is 0.0407. The molecule has 33 heavy (non-hydrogen) atoms. The standard InChI is InChI=1S/C27H28FN3O2/c28-23-14-11-21(12-15-23)25-16-13-22(26(32)29-18-17-20-7-3-1-4-8-20)19-31(25)27(33)30-24-9-5-2-6-10-24/h1-12,14-15,22,25H,13,16-19H2,(H,29,32)(H,30,33)/t22-,25+/m1/s1. The number of halogens is 1. The molecule has 2 atom stereocenters. The van der Waals surface area contributed by atoms with Crippen LogP contribution in [0.4, 0.5) is 14.9 Å². The molecular formula is C27H28FN3O2. The quantitative estimate of drug-likeness (QED) is 0.550. The molecule has 1 aliphatic heterocycles. The predicted octanol–water partition coefficient (Wildman–Crippen LogP) is 5.17. The van der Waals surface area contributed by atoms with Crippen molar-refractivity contribution in [3.05, 3.63) is 102 Å². The Labute approximate surface area is 193 Å². The van der Waals surface area contributed by atoms with Crippen LogP contribution in [-0.4, -0.2) is 29.9 Å². The highest BCUT2D eigenvalue weighted by Gasteiger charge is 2.35. The number of para-hydroxylation sites is 1. The third-order valence-corrected chi connectivity index (χ3v) is 6.05. The summed E-state index contributed by atoms with van der Waals surface area (Å²) in [4.78, 5) is 27.8. The number of anilines is 1. The molecule has 0 aliphatic carbocycles. The lowest BCUT2D eigenvalue weighted by Gasteiger charge is -2.39. The second kappa shape index (κ2) is 10.8. The number of nitrogens with one attached hydrogen (secondary N) is 2. The van der Waals surface area contributed by atoms with Gasteiger partial charge in [0.2, 0.25) is 5.91 Å². The molecule has 3 aromatic carbocycles. The fourth-order valence-electron chi connectivity index (χ4n) is 4.28. The van der Waals surface area contributed by atoms with Crippen molar-refractivity contribution in [2.45, 2.75) is 25.3 Å². The number of hydrogen-bond donors (Lipinski definition) is 2. The lowest BCUT2D eigenvalue weighted by Crippen LogP contribution is -2.48. The van der Waals surface area contributed by atoms with E-state index in [0.717, 1.165) is 12.0 Å². The van der Waals surface area contributed by atoms with Crippen LogP contribution in [0.25, 0.3) is 0 Å². The molecule has 0 radical (unpaired) electrons. The summed E-state index contributed by atoms with van der Waals surface area (Å²) in [5, 5.41) is 5.95. The fraction of sp³-hybridized carbons (Fsp3) is 0.259. The van der Waals surface area contributed by atoms with E-state index in [9.17, 15) is 14.0 Å². The maximum absolute atomic E-state index is 13.5. The molecular weight excluding hydrogens is 417 g/mol. The van der Waals surface area contributed by atoms with E-state index in [2.05, 4.69) is 10.6 Å². The third-order valence-electron chi connectivity index (χ3n) is 6.05. The number of rotatable bonds is 6. The lowest BCUT2D eigenvalue weighted by molar-refractivity contribution is -0.126. The minimum atomic E-state index is -0.314. The summed E-state index contributed by atoms with van der Waals surface area (Å²) in [7, 11) is 0. The van der Waals surface area contributed by atoms with E-state index in [4.69, 9.17) is 0 Å². The van der Waals surface area contributed by atoms with E-state index in [0.29, 0.717) is 31.6 Å². The SMILES string of the molecule is O=C(NCCc1ccccc1)[C@@H]1CC[C@@H](c2ccc(F)cc2)N(C(=O)Nc2ccccc2)C1. The van der Waals surface area contributed by atoms with Crippen LogP contribution in [0.1, 0.15) is 30.0 Å². The zero-order valence-electron chi connectivity index (χ0n) is 18.4. The Morgan fingerprint density at radius 1 is 0.879 bits per heavy atom. The second-order valence-electron chi connectivity index (χ2n) is 8.32. The van der Waals surface area contributed by atoms with E-state index in [1.165, 1.54) is 17.7 Å². The number of likely N-dealkylation sites (tertiary alicyclic amines) is 1. The summed E-state index contributed by atoms with van der Waals surface area (Å²) >= 11 is 0. The van der Waals surface area contributed by atoms with Gasteiger partial charge in [-0.25, -0.2) is 9.18 Å². The van der Waals surface area contributed by atoms with Crippen molar-refractivity contribution < 1.29 is 14.0 Å². The first-order valence-corrected chi connectivity index (χ1v) is 11.3. The highest BCUT2D eigenvalue weighted by Crippen LogP contribution is 2.34. The van der Waals surface area contributed by atoms with Gasteiger partial charge in [0.15, 0.2) is 0 Å². The van der Waals surface area contributed by atoms with Gasteiger partial charge in [0.05, 0.1) is 12.0 Å². The summed E-state index contributed by atoms with van der Waals surface area (Å²) in [5.74, 6) is -0.648. The number of piperidine rings is 1. The van der Waals surface area contributed by atoms with Crippen LogP contribution in [0, 0.1) is 11.7 Å². The number of nitrogens with zero attached hydrogens (tertiary/aromatic N) is 1. The summed E-state index contributed by atoms with van der Waals surface area (Å²) in [6, 6.07) is 25.0. The fourth-order valence-corrected chi connectivity index (χ4v) is 4.28. The Hall–Kier alpha value is -3.67. The van der Waals surface area contributed by atoms with Crippen molar-refractivity contribution in [1.29, 1.82) is 0 Å². The molecule has 170 valence electrons. The molecule has 5 nitrogen and oxygen atoms in total. The zero-order chi connectivity index (χ0) is 23.0. The predicted molar refractivity (Wildman–Crippen MR) is 127 cm³/mol. The molecule has 3 amide bonds. The molecule has 1 heterocycles. The van der Waals surface area contributed by atoms with Crippen LogP contribution in [0.3, 0.4) is 0 Å². The van der Waals surface area contributed by atoms with E-state index in [1.54, 1.807) is 17.0 Å². The number of urea groups is 1. The number of benzene rings is 3. The molecule has 0 spiro atoms. The van der Waals surface area contributed by atoms with Gasteiger partial charge in [-0.3, -0.25) is 4.79 Å². The van der Waals surface area contributed by atoms with Crippen molar-refractivity contribution in [3.63, 3.8) is 0 Å². The molecule has 2 N–H and O–H groups in total. The Balaban J connectivity index is 1.44. The maximum atomic E-state index is 13.5. The number of carbonyl (C=O) groups is 2. The monoisotopic (exact) mass is 445 g/mol. The van der Waals surface area contributed by atoms with Crippen LogP contribution < -0.4 is 10.6 Å². The number of amides is 3. The van der Waals surface area contributed by atoms with Gasteiger partial charge in [-0.05, 0) is 54.7 Å².